The lowest BCUT2D eigenvalue weighted by Crippen LogP contribution is -2.61. The number of hydrogen-bond donors (Lipinski definition) is 2. The molecule has 5 aliphatic rings. The molecule has 1 aliphatic heterocycles. The van der Waals surface area contributed by atoms with Crippen LogP contribution in [0.2, 0.25) is 5.02 Å². The zero-order chi connectivity index (χ0) is 26.6. The first-order valence-corrected chi connectivity index (χ1v) is 14.8. The maximum Gasteiger partial charge on any atom is 0.309 e. The molecule has 2 N–H and O–H groups in total. The number of benzene rings is 1. The third-order valence-corrected chi connectivity index (χ3v) is 11.4. The first-order chi connectivity index (χ1) is 17.5. The van der Waals surface area contributed by atoms with E-state index in [0.29, 0.717) is 55.8 Å². The number of sulfonamides is 1. The quantitative estimate of drug-likeness (QED) is 0.242. The molecule has 1 aromatic rings. The summed E-state index contributed by atoms with van der Waals surface area (Å²) in [6.45, 7) is 5.65. The van der Waals surface area contributed by atoms with Crippen molar-refractivity contribution in [2.45, 2.75) is 62.4 Å². The lowest BCUT2D eigenvalue weighted by molar-refractivity contribution is -0.166. The molecule has 6 rings (SSSR count). The number of carboxylic acids is 1. The molecular formula is C26H34ClN5O4S. The van der Waals surface area contributed by atoms with Crippen molar-refractivity contribution < 1.29 is 18.3 Å². The summed E-state index contributed by atoms with van der Waals surface area (Å²) in [6, 6.07) is 6.20. The molecule has 2 unspecified atom stereocenters. The van der Waals surface area contributed by atoms with Gasteiger partial charge in [0.15, 0.2) is 6.19 Å². The van der Waals surface area contributed by atoms with Gasteiger partial charge in [0.25, 0.3) is 0 Å². The Hall–Kier alpha value is -2.19. The van der Waals surface area contributed by atoms with Gasteiger partial charge in [-0.2, -0.15) is 9.57 Å². The zero-order valence-corrected chi connectivity index (χ0v) is 22.8. The van der Waals surface area contributed by atoms with Crippen molar-refractivity contribution in [2.24, 2.45) is 28.2 Å². The van der Waals surface area contributed by atoms with Crippen LogP contribution in [0, 0.1) is 34.6 Å². The molecule has 4 aliphatic carbocycles. The molecule has 2 atom stereocenters. The van der Waals surface area contributed by atoms with Crippen LogP contribution in [-0.2, 0) is 14.8 Å². The number of halogens is 1. The van der Waals surface area contributed by atoms with E-state index in [1.165, 1.54) is 16.4 Å². The highest BCUT2D eigenvalue weighted by Gasteiger charge is 2.59. The van der Waals surface area contributed by atoms with E-state index in [4.69, 9.17) is 16.6 Å². The number of piperazine rings is 1. The van der Waals surface area contributed by atoms with Gasteiger partial charge in [0, 0.05) is 31.2 Å². The number of carbonyl (C=O) groups is 1. The minimum Gasteiger partial charge on any atom is -0.481 e. The lowest BCUT2D eigenvalue weighted by Gasteiger charge is -2.57. The molecule has 1 heterocycles. The van der Waals surface area contributed by atoms with Gasteiger partial charge in [-0.15, -0.1) is 0 Å². The summed E-state index contributed by atoms with van der Waals surface area (Å²) in [6.07, 6.45) is 6.15. The molecule has 5 fully saturated rings. The Morgan fingerprint density at radius 3 is 2.27 bits per heavy atom. The van der Waals surface area contributed by atoms with Gasteiger partial charge in [0.05, 0.1) is 21.9 Å². The van der Waals surface area contributed by atoms with Gasteiger partial charge >= 0.3 is 5.97 Å². The van der Waals surface area contributed by atoms with E-state index in [1.54, 1.807) is 12.1 Å². The molecular weight excluding hydrogens is 514 g/mol. The second-order valence-corrected chi connectivity index (χ2v) is 14.0. The van der Waals surface area contributed by atoms with Crippen LogP contribution in [0.1, 0.15) is 46.0 Å². The Balaban J connectivity index is 1.32. The molecule has 0 aromatic heterocycles. The monoisotopic (exact) mass is 547 g/mol. The highest BCUT2D eigenvalue weighted by molar-refractivity contribution is 7.89. The second-order valence-electron chi connectivity index (χ2n) is 11.7. The average Bonchev–Trinajstić information content (AvgIpc) is 2.85. The molecule has 200 valence electrons. The molecule has 0 radical (unpaired) electrons. The molecule has 4 bridgehead atoms. The Bertz CT molecular complexity index is 1220. The van der Waals surface area contributed by atoms with Gasteiger partial charge in [-0.25, -0.2) is 8.42 Å². The summed E-state index contributed by atoms with van der Waals surface area (Å²) in [5.74, 6) is 0.795. The molecule has 0 amide bonds. The summed E-state index contributed by atoms with van der Waals surface area (Å²) in [5, 5.41) is 22.8. The summed E-state index contributed by atoms with van der Waals surface area (Å²) in [5.41, 5.74) is -1.22. The number of nitriles is 1. The highest BCUT2D eigenvalue weighted by atomic mass is 35.5. The van der Waals surface area contributed by atoms with Crippen molar-refractivity contribution in [3.05, 3.63) is 29.3 Å². The van der Waals surface area contributed by atoms with Gasteiger partial charge in [0.1, 0.15) is 5.84 Å². The fourth-order valence-corrected chi connectivity index (χ4v) is 8.96. The largest absolute Gasteiger partial charge is 0.481 e. The van der Waals surface area contributed by atoms with Crippen LogP contribution in [-0.4, -0.2) is 72.3 Å². The van der Waals surface area contributed by atoms with Crippen LogP contribution < -0.4 is 5.32 Å². The van der Waals surface area contributed by atoms with E-state index in [2.05, 4.69) is 16.4 Å². The Morgan fingerprint density at radius 1 is 1.14 bits per heavy atom. The topological polar surface area (TPSA) is 126 Å². The van der Waals surface area contributed by atoms with Crippen LogP contribution in [0.4, 0.5) is 0 Å². The number of carboxylic acid groups (broad SMARTS) is 1. The number of aliphatic imine (C=N–C) groups is 1. The standard InChI is InChI=1S/C26H34ClN5O4S/c1-25(2,31-7-9-32(10-8-31)37(35,36)21-5-3-20(27)4-6-21)23(29-16-28)30-22-18-11-17-12-19(22)15-26(13-17,14-18)24(33)34/h3-6,17-19,22H,7-15H2,1-2H3,(H,29,30)(H,33,34). The fourth-order valence-electron chi connectivity index (χ4n) is 7.41. The predicted octanol–water partition coefficient (Wildman–Crippen LogP) is 3.17. The van der Waals surface area contributed by atoms with E-state index in [0.717, 1.165) is 19.3 Å². The number of nitrogens with zero attached hydrogens (tertiary/aromatic N) is 4. The number of aliphatic carboxylic acids is 1. The van der Waals surface area contributed by atoms with Gasteiger partial charge in [-0.3, -0.25) is 20.0 Å². The summed E-state index contributed by atoms with van der Waals surface area (Å²) >= 11 is 5.92. The van der Waals surface area contributed by atoms with E-state index in [9.17, 15) is 23.6 Å². The van der Waals surface area contributed by atoms with E-state index >= 15 is 0 Å². The molecule has 1 aromatic carbocycles. The van der Waals surface area contributed by atoms with Crippen LogP contribution >= 0.6 is 11.6 Å². The van der Waals surface area contributed by atoms with Gasteiger partial charge in [0.2, 0.25) is 10.0 Å². The molecule has 9 nitrogen and oxygen atoms in total. The lowest BCUT2D eigenvalue weighted by atomic mass is 9.48. The Kier molecular flexibility index (Phi) is 6.80. The third-order valence-electron chi connectivity index (χ3n) is 9.19. The van der Waals surface area contributed by atoms with Crippen molar-refractivity contribution >= 4 is 33.4 Å². The number of rotatable bonds is 6. The minimum absolute atomic E-state index is 0.00530. The second kappa shape index (κ2) is 9.53. The third kappa shape index (κ3) is 4.65. The summed E-state index contributed by atoms with van der Waals surface area (Å²) in [7, 11) is -3.62. The normalized spacial score (nSPS) is 32.8. The van der Waals surface area contributed by atoms with Gasteiger partial charge < -0.3 is 5.11 Å². The van der Waals surface area contributed by atoms with Crippen molar-refractivity contribution in [2.75, 3.05) is 26.2 Å². The van der Waals surface area contributed by atoms with E-state index in [-0.39, 0.29) is 22.8 Å². The molecule has 4 saturated carbocycles. The molecule has 37 heavy (non-hydrogen) atoms. The SMILES string of the molecule is CC(C)(C(=NC1C2CC3CC1CC(C(=O)O)(C3)C2)NC#N)N1CCN(S(=O)(=O)c2ccc(Cl)cc2)CC1. The fraction of sp³-hybridized carbons (Fsp3) is 0.654. The predicted molar refractivity (Wildman–Crippen MR) is 139 cm³/mol. The van der Waals surface area contributed by atoms with Gasteiger partial charge in [-0.1, -0.05) is 11.6 Å². The highest BCUT2D eigenvalue weighted by Crippen LogP contribution is 2.61. The van der Waals surface area contributed by atoms with Crippen molar-refractivity contribution in [1.29, 1.82) is 5.26 Å². The van der Waals surface area contributed by atoms with Crippen LogP contribution in [0.15, 0.2) is 34.2 Å². The minimum atomic E-state index is -3.62. The summed E-state index contributed by atoms with van der Waals surface area (Å²) < 4.78 is 27.7. The Labute approximate surface area is 223 Å². The van der Waals surface area contributed by atoms with Crippen LogP contribution in [0.3, 0.4) is 0 Å². The van der Waals surface area contributed by atoms with Crippen LogP contribution in [0.5, 0.6) is 0 Å². The number of nitrogens with one attached hydrogen (secondary N) is 1. The van der Waals surface area contributed by atoms with Crippen molar-refractivity contribution in [3.63, 3.8) is 0 Å². The Morgan fingerprint density at radius 2 is 1.73 bits per heavy atom. The van der Waals surface area contributed by atoms with Crippen molar-refractivity contribution in [1.82, 2.24) is 14.5 Å². The number of amidine groups is 1. The smallest absolute Gasteiger partial charge is 0.309 e. The molecule has 11 heteroatoms. The first-order valence-electron chi connectivity index (χ1n) is 12.9. The average molecular weight is 548 g/mol. The van der Waals surface area contributed by atoms with E-state index in [1.807, 2.05) is 13.8 Å². The van der Waals surface area contributed by atoms with Crippen LogP contribution in [0.25, 0.3) is 0 Å². The molecule has 0 spiro atoms. The molecule has 1 saturated heterocycles. The zero-order valence-electron chi connectivity index (χ0n) is 21.2. The maximum atomic E-state index is 13.1. The summed E-state index contributed by atoms with van der Waals surface area (Å²) in [4.78, 5) is 19.6. The van der Waals surface area contributed by atoms with Crippen molar-refractivity contribution in [3.8, 4) is 6.19 Å². The maximum absolute atomic E-state index is 13.1. The van der Waals surface area contributed by atoms with E-state index < -0.39 is 26.9 Å². The van der Waals surface area contributed by atoms with Gasteiger partial charge in [-0.05, 0) is 88.0 Å². The first kappa shape index (κ1) is 26.4. The number of hydrogen-bond acceptors (Lipinski definition) is 6.